The molecule has 0 radical (unpaired) electrons. The lowest BCUT2D eigenvalue weighted by Crippen LogP contribution is -2.44. The predicted octanol–water partition coefficient (Wildman–Crippen LogP) is 3.11. The number of carbonyl (C=O) groups excluding carboxylic acids is 1. The van der Waals surface area contributed by atoms with Gasteiger partial charge in [-0.25, -0.2) is 4.98 Å². The molecule has 2 aromatic rings. The lowest BCUT2D eigenvalue weighted by Gasteiger charge is -2.37. The van der Waals surface area contributed by atoms with Crippen molar-refractivity contribution in [3.05, 3.63) is 24.1 Å². The van der Waals surface area contributed by atoms with E-state index in [1.54, 1.807) is 0 Å². The molecule has 0 unspecified atom stereocenters. The Morgan fingerprint density at radius 1 is 1.48 bits per heavy atom. The summed E-state index contributed by atoms with van der Waals surface area (Å²) in [5, 5.41) is 6.56. The van der Waals surface area contributed by atoms with E-state index < -0.39 is 0 Å². The highest BCUT2D eigenvalue weighted by atomic mass is 16.3. The van der Waals surface area contributed by atoms with Gasteiger partial charge in [0.1, 0.15) is 5.52 Å². The number of oxazole rings is 1. The Morgan fingerprint density at radius 3 is 3.26 bits per heavy atom. The Morgan fingerprint density at radius 2 is 2.39 bits per heavy atom. The molecule has 2 fully saturated rings. The van der Waals surface area contributed by atoms with Gasteiger partial charge in [-0.3, -0.25) is 4.79 Å². The van der Waals surface area contributed by atoms with Crippen LogP contribution in [0.3, 0.4) is 0 Å². The average Bonchev–Trinajstić information content (AvgIpc) is 3.18. The summed E-state index contributed by atoms with van der Waals surface area (Å²) in [4.78, 5) is 17.4. The molecule has 2 aliphatic rings. The van der Waals surface area contributed by atoms with E-state index in [9.17, 15) is 4.79 Å². The lowest BCUT2D eigenvalue weighted by molar-refractivity contribution is -0.128. The number of rotatable bonds is 3. The molecule has 2 N–H and O–H groups in total. The minimum atomic E-state index is -0.231. The zero-order valence-electron chi connectivity index (χ0n) is 13.5. The topological polar surface area (TPSA) is 67.2 Å². The summed E-state index contributed by atoms with van der Waals surface area (Å²) in [6.45, 7) is 3.79. The summed E-state index contributed by atoms with van der Waals surface area (Å²) in [6.07, 6.45) is 5.30. The molecule has 2 heterocycles. The van der Waals surface area contributed by atoms with Crippen LogP contribution in [0.15, 0.2) is 22.6 Å². The third-order valence-electron chi connectivity index (χ3n) is 5.48. The van der Waals surface area contributed by atoms with Gasteiger partial charge in [-0.1, -0.05) is 19.8 Å². The summed E-state index contributed by atoms with van der Waals surface area (Å²) in [5.41, 5.74) is 2.16. The van der Waals surface area contributed by atoms with Gasteiger partial charge in [-0.2, -0.15) is 0 Å². The largest absolute Gasteiger partial charge is 0.441 e. The standard InChI is InChI=1S/C18H23N3O2/c1-2-16-21-14-9-13(6-7-15(14)23-16)20-17(22)18-8-4-3-5-12(18)10-19-11-18/h6-7,9,12,19H,2-5,8,10-11H2,1H3,(H,20,22)/t12-,18+/m0/s1. The first-order chi connectivity index (χ1) is 11.2. The Hall–Kier alpha value is -1.88. The Kier molecular flexibility index (Phi) is 3.60. The molecule has 5 nitrogen and oxygen atoms in total. The summed E-state index contributed by atoms with van der Waals surface area (Å²) < 4.78 is 5.63. The minimum absolute atomic E-state index is 0.158. The van der Waals surface area contributed by atoms with E-state index in [1.165, 1.54) is 6.42 Å². The maximum Gasteiger partial charge on any atom is 0.232 e. The number of nitrogens with zero attached hydrogens (tertiary/aromatic N) is 1. The van der Waals surface area contributed by atoms with E-state index in [0.717, 1.165) is 61.5 Å². The van der Waals surface area contributed by atoms with Crippen molar-refractivity contribution in [3.8, 4) is 0 Å². The van der Waals surface area contributed by atoms with Crippen LogP contribution in [0, 0.1) is 11.3 Å². The SMILES string of the molecule is CCc1nc2cc(NC(=O)[C@@]34CCCC[C@H]3CNC4)ccc2o1. The number of hydrogen-bond donors (Lipinski definition) is 2. The summed E-state index contributed by atoms with van der Waals surface area (Å²) in [6, 6.07) is 5.70. The van der Waals surface area contributed by atoms with E-state index in [0.29, 0.717) is 5.92 Å². The van der Waals surface area contributed by atoms with Gasteiger partial charge in [0.2, 0.25) is 5.91 Å². The summed E-state index contributed by atoms with van der Waals surface area (Å²) >= 11 is 0. The van der Waals surface area contributed by atoms with Crippen molar-refractivity contribution in [2.75, 3.05) is 18.4 Å². The Balaban J connectivity index is 1.58. The van der Waals surface area contributed by atoms with Crippen LogP contribution in [0.1, 0.15) is 38.5 Å². The first-order valence-corrected chi connectivity index (χ1v) is 8.63. The van der Waals surface area contributed by atoms with Crippen LogP contribution in [0.2, 0.25) is 0 Å². The second-order valence-electron chi connectivity index (χ2n) is 6.83. The van der Waals surface area contributed by atoms with Crippen molar-refractivity contribution in [3.63, 3.8) is 0 Å². The highest BCUT2D eigenvalue weighted by Crippen LogP contribution is 2.44. The minimum Gasteiger partial charge on any atom is -0.441 e. The molecule has 2 atom stereocenters. The van der Waals surface area contributed by atoms with Crippen molar-refractivity contribution in [1.29, 1.82) is 0 Å². The van der Waals surface area contributed by atoms with Crippen LogP contribution < -0.4 is 10.6 Å². The Labute approximate surface area is 135 Å². The Bertz CT molecular complexity index is 739. The number of amides is 1. The van der Waals surface area contributed by atoms with Crippen LogP contribution in [-0.4, -0.2) is 24.0 Å². The van der Waals surface area contributed by atoms with Crippen molar-refractivity contribution >= 4 is 22.7 Å². The van der Waals surface area contributed by atoms with E-state index in [2.05, 4.69) is 15.6 Å². The fourth-order valence-electron chi connectivity index (χ4n) is 4.15. The van der Waals surface area contributed by atoms with Crippen LogP contribution in [0.25, 0.3) is 11.1 Å². The van der Waals surface area contributed by atoms with Gasteiger partial charge in [0.05, 0.1) is 5.41 Å². The quantitative estimate of drug-likeness (QED) is 0.913. The molecular weight excluding hydrogens is 290 g/mol. The summed E-state index contributed by atoms with van der Waals surface area (Å²) in [5.74, 6) is 1.36. The van der Waals surface area contributed by atoms with Gasteiger partial charge in [-0.15, -0.1) is 0 Å². The molecule has 1 aliphatic carbocycles. The number of hydrogen-bond acceptors (Lipinski definition) is 4. The first kappa shape index (κ1) is 14.7. The molecule has 1 aromatic carbocycles. The lowest BCUT2D eigenvalue weighted by atomic mass is 9.67. The van der Waals surface area contributed by atoms with Crippen LogP contribution >= 0.6 is 0 Å². The molecule has 1 saturated carbocycles. The van der Waals surface area contributed by atoms with E-state index >= 15 is 0 Å². The van der Waals surface area contributed by atoms with E-state index in [-0.39, 0.29) is 11.3 Å². The van der Waals surface area contributed by atoms with Crippen molar-refractivity contribution in [2.24, 2.45) is 11.3 Å². The first-order valence-electron chi connectivity index (χ1n) is 8.63. The second-order valence-corrected chi connectivity index (χ2v) is 6.83. The number of nitrogens with one attached hydrogen (secondary N) is 2. The maximum atomic E-state index is 13.0. The zero-order chi connectivity index (χ0) is 15.9. The van der Waals surface area contributed by atoms with Gasteiger partial charge >= 0.3 is 0 Å². The predicted molar refractivity (Wildman–Crippen MR) is 89.3 cm³/mol. The fourth-order valence-corrected chi connectivity index (χ4v) is 4.15. The van der Waals surface area contributed by atoms with Crippen LogP contribution in [0.5, 0.6) is 0 Å². The number of carbonyl (C=O) groups is 1. The molecule has 5 heteroatoms. The zero-order valence-corrected chi connectivity index (χ0v) is 13.5. The smallest absolute Gasteiger partial charge is 0.232 e. The molecule has 1 amide bonds. The van der Waals surface area contributed by atoms with Crippen LogP contribution in [-0.2, 0) is 11.2 Å². The molecule has 1 aromatic heterocycles. The third kappa shape index (κ3) is 2.43. The maximum absolute atomic E-state index is 13.0. The second kappa shape index (κ2) is 5.64. The third-order valence-corrected chi connectivity index (χ3v) is 5.48. The normalized spacial score (nSPS) is 27.1. The van der Waals surface area contributed by atoms with E-state index in [4.69, 9.17) is 4.42 Å². The highest BCUT2D eigenvalue weighted by molar-refractivity contribution is 5.97. The average molecular weight is 313 g/mol. The van der Waals surface area contributed by atoms with Gasteiger partial charge in [-0.05, 0) is 43.5 Å². The number of anilines is 1. The monoisotopic (exact) mass is 313 g/mol. The highest BCUT2D eigenvalue weighted by Gasteiger charge is 2.49. The molecule has 0 spiro atoms. The van der Waals surface area contributed by atoms with Gasteiger partial charge in [0.15, 0.2) is 11.5 Å². The molecule has 122 valence electrons. The molecular formula is C18H23N3O2. The summed E-state index contributed by atoms with van der Waals surface area (Å²) in [7, 11) is 0. The molecule has 23 heavy (non-hydrogen) atoms. The van der Waals surface area contributed by atoms with Gasteiger partial charge < -0.3 is 15.1 Å². The molecule has 1 saturated heterocycles. The number of benzene rings is 1. The van der Waals surface area contributed by atoms with Gasteiger partial charge in [0, 0.05) is 18.7 Å². The fraction of sp³-hybridized carbons (Fsp3) is 0.556. The number of fused-ring (bicyclic) bond motifs is 2. The molecule has 4 rings (SSSR count). The molecule has 1 aliphatic heterocycles. The van der Waals surface area contributed by atoms with Gasteiger partial charge in [0.25, 0.3) is 0 Å². The van der Waals surface area contributed by atoms with E-state index in [1.807, 2.05) is 25.1 Å². The van der Waals surface area contributed by atoms with Crippen LogP contribution in [0.4, 0.5) is 5.69 Å². The number of aromatic nitrogens is 1. The van der Waals surface area contributed by atoms with Crippen molar-refractivity contribution in [1.82, 2.24) is 10.3 Å². The number of aryl methyl sites for hydroxylation is 1. The van der Waals surface area contributed by atoms with Crippen molar-refractivity contribution < 1.29 is 9.21 Å². The molecule has 0 bridgehead atoms. The van der Waals surface area contributed by atoms with Crippen molar-refractivity contribution in [2.45, 2.75) is 39.0 Å².